The number of carbonyl (C=O) groups is 1. The third kappa shape index (κ3) is 2.79. The van der Waals surface area contributed by atoms with Crippen LogP contribution >= 0.6 is 0 Å². The molecule has 0 unspecified atom stereocenters. The van der Waals surface area contributed by atoms with E-state index in [-0.39, 0.29) is 17.8 Å². The van der Waals surface area contributed by atoms with Gasteiger partial charge in [-0.25, -0.2) is 4.79 Å². The quantitative estimate of drug-likeness (QED) is 0.701. The Balaban J connectivity index is 2.34. The van der Waals surface area contributed by atoms with Crippen molar-refractivity contribution < 1.29 is 9.90 Å². The Morgan fingerprint density at radius 2 is 1.79 bits per heavy atom. The Bertz CT molecular complexity index is 726. The van der Waals surface area contributed by atoms with E-state index in [0.29, 0.717) is 5.56 Å². The number of rotatable bonds is 3. The summed E-state index contributed by atoms with van der Waals surface area (Å²) in [5.74, 6) is -0.485. The van der Waals surface area contributed by atoms with Gasteiger partial charge in [0, 0.05) is 12.0 Å². The number of aromatic nitrogens is 2. The van der Waals surface area contributed by atoms with Crippen LogP contribution in [0.2, 0.25) is 0 Å². The van der Waals surface area contributed by atoms with Crippen LogP contribution in [0.4, 0.5) is 0 Å². The molecule has 1 heterocycles. The zero-order valence-electron chi connectivity index (χ0n) is 10.2. The Labute approximate surface area is 107 Å². The number of H-pyrrole nitrogens is 2. The van der Waals surface area contributed by atoms with Crippen molar-refractivity contribution in [1.82, 2.24) is 9.97 Å². The Morgan fingerprint density at radius 1 is 1.16 bits per heavy atom. The molecule has 3 N–H and O–H groups in total. The number of hydrogen-bond donors (Lipinski definition) is 3. The zero-order chi connectivity index (χ0) is 14.0. The molecule has 0 saturated carbocycles. The fraction of sp³-hybridized carbons (Fsp3) is 0.154. The first-order chi connectivity index (χ1) is 8.97. The van der Waals surface area contributed by atoms with Crippen molar-refractivity contribution in [2.24, 2.45) is 0 Å². The average Bonchev–Trinajstić information content (AvgIpc) is 2.34. The fourth-order valence-electron chi connectivity index (χ4n) is 1.73. The van der Waals surface area contributed by atoms with Crippen LogP contribution in [-0.4, -0.2) is 20.9 Å². The number of aromatic amines is 2. The van der Waals surface area contributed by atoms with Crippen LogP contribution in [-0.2, 0) is 6.42 Å². The van der Waals surface area contributed by atoms with Crippen LogP contribution in [0.5, 0.6) is 5.88 Å². The summed E-state index contributed by atoms with van der Waals surface area (Å²) in [6.07, 6.45) is 0.163. The molecule has 6 heteroatoms. The van der Waals surface area contributed by atoms with Gasteiger partial charge in [0.15, 0.2) is 5.78 Å². The maximum atomic E-state index is 11.6. The first-order valence-corrected chi connectivity index (χ1v) is 5.61. The lowest BCUT2D eigenvalue weighted by atomic mass is 10.0. The van der Waals surface area contributed by atoms with Crippen LogP contribution in [0.25, 0.3) is 0 Å². The Hall–Kier alpha value is -2.63. The largest absolute Gasteiger partial charge is 0.494 e. The maximum Gasteiger partial charge on any atom is 0.328 e. The van der Waals surface area contributed by atoms with Crippen LogP contribution in [0.3, 0.4) is 0 Å². The highest BCUT2D eigenvalue weighted by Gasteiger charge is 2.09. The van der Waals surface area contributed by atoms with Crippen LogP contribution in [0.15, 0.2) is 33.9 Å². The molecule has 0 atom stereocenters. The topological polar surface area (TPSA) is 103 Å². The molecule has 98 valence electrons. The highest BCUT2D eigenvalue weighted by Crippen LogP contribution is 2.13. The molecule has 0 bridgehead atoms. The van der Waals surface area contributed by atoms with E-state index in [4.69, 9.17) is 0 Å². The van der Waals surface area contributed by atoms with Crippen LogP contribution < -0.4 is 11.2 Å². The molecular formula is C13H12N2O4. The van der Waals surface area contributed by atoms with Gasteiger partial charge in [-0.15, -0.1) is 0 Å². The minimum absolute atomic E-state index is 0.0451. The van der Waals surface area contributed by atoms with Gasteiger partial charge in [-0.3, -0.25) is 19.6 Å². The summed E-state index contributed by atoms with van der Waals surface area (Å²) in [5.41, 5.74) is 0.0199. The van der Waals surface area contributed by atoms with Gasteiger partial charge in [-0.05, 0) is 12.5 Å². The standard InChI is InChI=1S/C13H12N2O4/c1-7(16)9-4-2-8(3-5-9)6-10-11(17)14-13(19)15-12(10)18/h2-5H,6H2,1H3,(H3,14,15,17,18,19). The van der Waals surface area contributed by atoms with Crippen molar-refractivity contribution in [3.8, 4) is 5.88 Å². The third-order valence-corrected chi connectivity index (χ3v) is 2.76. The normalized spacial score (nSPS) is 10.4. The van der Waals surface area contributed by atoms with E-state index in [9.17, 15) is 19.5 Å². The number of aromatic hydroxyl groups is 1. The van der Waals surface area contributed by atoms with Crippen molar-refractivity contribution in [3.63, 3.8) is 0 Å². The number of carbonyl (C=O) groups excluding carboxylic acids is 1. The van der Waals surface area contributed by atoms with Gasteiger partial charge in [0.05, 0.1) is 5.56 Å². The van der Waals surface area contributed by atoms with Crippen molar-refractivity contribution >= 4 is 5.78 Å². The van der Waals surface area contributed by atoms with Gasteiger partial charge in [0.25, 0.3) is 5.56 Å². The Morgan fingerprint density at radius 3 is 2.32 bits per heavy atom. The van der Waals surface area contributed by atoms with Gasteiger partial charge in [-0.2, -0.15) is 0 Å². The van der Waals surface area contributed by atoms with E-state index in [2.05, 4.69) is 4.98 Å². The number of Topliss-reactive ketones (excluding diaryl/α,β-unsaturated/α-hetero) is 1. The molecule has 0 fully saturated rings. The molecule has 6 nitrogen and oxygen atoms in total. The van der Waals surface area contributed by atoms with Gasteiger partial charge in [0.2, 0.25) is 5.88 Å². The van der Waals surface area contributed by atoms with Crippen LogP contribution in [0, 0.1) is 0 Å². The van der Waals surface area contributed by atoms with Gasteiger partial charge in [-0.1, -0.05) is 24.3 Å². The Kier molecular flexibility index (Phi) is 3.33. The highest BCUT2D eigenvalue weighted by molar-refractivity contribution is 5.94. The van der Waals surface area contributed by atoms with Crippen LogP contribution in [0.1, 0.15) is 28.4 Å². The molecule has 1 aromatic heterocycles. The SMILES string of the molecule is CC(=O)c1ccc(Cc2c(O)[nH]c(=O)[nH]c2=O)cc1. The molecule has 2 rings (SSSR count). The summed E-state index contributed by atoms with van der Waals surface area (Å²) in [4.78, 5) is 37.8. The highest BCUT2D eigenvalue weighted by atomic mass is 16.3. The number of ketones is 1. The molecule has 0 aliphatic carbocycles. The smallest absolute Gasteiger partial charge is 0.328 e. The van der Waals surface area contributed by atoms with E-state index in [1.165, 1.54) is 6.92 Å². The van der Waals surface area contributed by atoms with Crippen molar-refractivity contribution in [1.29, 1.82) is 0 Å². The lowest BCUT2D eigenvalue weighted by molar-refractivity contribution is 0.101. The summed E-state index contributed by atoms with van der Waals surface area (Å²) in [5, 5.41) is 9.55. The first kappa shape index (κ1) is 12.8. The second kappa shape index (κ2) is 4.93. The molecule has 0 radical (unpaired) electrons. The molecule has 1 aromatic carbocycles. The van der Waals surface area contributed by atoms with Crippen molar-refractivity contribution in [2.45, 2.75) is 13.3 Å². The molecule has 0 saturated heterocycles. The summed E-state index contributed by atoms with van der Waals surface area (Å²) in [6, 6.07) is 6.69. The molecule has 0 aliphatic heterocycles. The molecule has 0 spiro atoms. The number of benzene rings is 1. The minimum Gasteiger partial charge on any atom is -0.494 e. The second-order valence-corrected chi connectivity index (χ2v) is 4.17. The monoisotopic (exact) mass is 260 g/mol. The van der Waals surface area contributed by atoms with E-state index < -0.39 is 17.1 Å². The lowest BCUT2D eigenvalue weighted by Gasteiger charge is -2.03. The summed E-state index contributed by atoms with van der Waals surface area (Å²) < 4.78 is 0. The molecule has 2 aromatic rings. The first-order valence-electron chi connectivity index (χ1n) is 5.61. The molecule has 19 heavy (non-hydrogen) atoms. The van der Waals surface area contributed by atoms with Gasteiger partial charge >= 0.3 is 5.69 Å². The van der Waals surface area contributed by atoms with E-state index >= 15 is 0 Å². The average molecular weight is 260 g/mol. The fourth-order valence-corrected chi connectivity index (χ4v) is 1.73. The third-order valence-electron chi connectivity index (χ3n) is 2.76. The molecular weight excluding hydrogens is 248 g/mol. The zero-order valence-corrected chi connectivity index (χ0v) is 10.2. The predicted molar refractivity (Wildman–Crippen MR) is 68.6 cm³/mol. The van der Waals surface area contributed by atoms with Crippen molar-refractivity contribution in [2.75, 3.05) is 0 Å². The summed E-state index contributed by atoms with van der Waals surface area (Å²) in [6.45, 7) is 1.47. The molecule has 0 aliphatic rings. The predicted octanol–water partition coefficient (Wildman–Crippen LogP) is 0.562. The number of nitrogens with one attached hydrogen (secondary N) is 2. The van der Waals surface area contributed by atoms with E-state index in [1.54, 1.807) is 24.3 Å². The van der Waals surface area contributed by atoms with E-state index in [0.717, 1.165) is 5.56 Å². The summed E-state index contributed by atoms with van der Waals surface area (Å²) in [7, 11) is 0. The van der Waals surface area contributed by atoms with Gasteiger partial charge < -0.3 is 5.11 Å². The van der Waals surface area contributed by atoms with Gasteiger partial charge in [0.1, 0.15) is 0 Å². The van der Waals surface area contributed by atoms with Crippen molar-refractivity contribution in [3.05, 3.63) is 61.8 Å². The maximum absolute atomic E-state index is 11.6. The molecule has 0 amide bonds. The summed E-state index contributed by atoms with van der Waals surface area (Å²) >= 11 is 0. The minimum atomic E-state index is -0.752. The van der Waals surface area contributed by atoms with E-state index in [1.807, 2.05) is 4.98 Å². The lowest BCUT2D eigenvalue weighted by Crippen LogP contribution is -2.25. The number of hydrogen-bond acceptors (Lipinski definition) is 4. The second-order valence-electron chi connectivity index (χ2n) is 4.17.